The predicted octanol–water partition coefficient (Wildman–Crippen LogP) is 1.59. The molecule has 94 valence electrons. The molecule has 2 aromatic rings. The summed E-state index contributed by atoms with van der Waals surface area (Å²) in [7, 11) is 3.14. The highest BCUT2D eigenvalue weighted by Gasteiger charge is 2.08. The Morgan fingerprint density at radius 2 is 2.06 bits per heavy atom. The molecule has 0 unspecified atom stereocenters. The van der Waals surface area contributed by atoms with Crippen LogP contribution < -0.4 is 10.3 Å². The first-order valence-corrected chi connectivity index (χ1v) is 5.47. The van der Waals surface area contributed by atoms with E-state index in [2.05, 4.69) is 9.97 Å². The predicted molar refractivity (Wildman–Crippen MR) is 67.6 cm³/mol. The Balaban J connectivity index is 2.53. The van der Waals surface area contributed by atoms with Crippen LogP contribution >= 0.6 is 0 Å². The number of para-hydroxylation sites is 1. The molecule has 2 rings (SSSR count). The van der Waals surface area contributed by atoms with Gasteiger partial charge < -0.3 is 14.5 Å². The summed E-state index contributed by atoms with van der Waals surface area (Å²) in [6.45, 7) is 0.262. The van der Waals surface area contributed by atoms with Crippen LogP contribution in [-0.2, 0) is 11.3 Å². The van der Waals surface area contributed by atoms with Gasteiger partial charge in [0.05, 0.1) is 12.8 Å². The van der Waals surface area contributed by atoms with Gasteiger partial charge in [-0.25, -0.2) is 4.98 Å². The average Bonchev–Trinajstić information content (AvgIpc) is 2.38. The number of nitrogens with zero attached hydrogens (tertiary/aromatic N) is 1. The lowest BCUT2D eigenvalue weighted by Crippen LogP contribution is -2.11. The van der Waals surface area contributed by atoms with E-state index in [9.17, 15) is 4.79 Å². The quantitative estimate of drug-likeness (QED) is 0.889. The van der Waals surface area contributed by atoms with Crippen molar-refractivity contribution in [3.63, 3.8) is 0 Å². The summed E-state index contributed by atoms with van der Waals surface area (Å²) >= 11 is 0. The van der Waals surface area contributed by atoms with E-state index in [1.54, 1.807) is 14.2 Å². The van der Waals surface area contributed by atoms with Crippen molar-refractivity contribution in [2.45, 2.75) is 6.61 Å². The Kier molecular flexibility index (Phi) is 3.74. The minimum atomic E-state index is -0.210. The third kappa shape index (κ3) is 2.57. The molecule has 0 atom stereocenters. The van der Waals surface area contributed by atoms with Crippen LogP contribution in [0.25, 0.3) is 11.3 Å². The second-order valence-electron chi connectivity index (χ2n) is 3.71. The van der Waals surface area contributed by atoms with Crippen LogP contribution in [0.4, 0.5) is 0 Å². The first-order chi connectivity index (χ1) is 8.74. The van der Waals surface area contributed by atoms with Crippen LogP contribution in [0.3, 0.4) is 0 Å². The second-order valence-corrected chi connectivity index (χ2v) is 3.71. The fraction of sp³-hybridized carbons (Fsp3) is 0.231. The van der Waals surface area contributed by atoms with E-state index in [0.717, 1.165) is 5.56 Å². The standard InChI is InChI=1S/C13H14N2O3/c1-17-8-12-14-10(7-13(16)15-12)9-5-3-4-6-11(9)18-2/h3-7H,8H2,1-2H3,(H,14,15,16). The Hall–Kier alpha value is -2.14. The molecule has 0 aliphatic heterocycles. The summed E-state index contributed by atoms with van der Waals surface area (Å²) < 4.78 is 10.2. The lowest BCUT2D eigenvalue weighted by molar-refractivity contribution is 0.177. The van der Waals surface area contributed by atoms with Crippen LogP contribution in [-0.4, -0.2) is 24.2 Å². The van der Waals surface area contributed by atoms with E-state index in [4.69, 9.17) is 9.47 Å². The summed E-state index contributed by atoms with van der Waals surface area (Å²) in [5.41, 5.74) is 1.14. The van der Waals surface area contributed by atoms with Gasteiger partial charge in [-0.15, -0.1) is 0 Å². The SMILES string of the molecule is COCc1nc(-c2ccccc2OC)cc(=O)[nH]1. The van der Waals surface area contributed by atoms with E-state index < -0.39 is 0 Å². The topological polar surface area (TPSA) is 64.2 Å². The lowest BCUT2D eigenvalue weighted by Gasteiger charge is -2.08. The van der Waals surface area contributed by atoms with Crippen LogP contribution in [0.2, 0.25) is 0 Å². The molecular formula is C13H14N2O3. The van der Waals surface area contributed by atoms with Crippen molar-refractivity contribution in [2.75, 3.05) is 14.2 Å². The highest BCUT2D eigenvalue weighted by Crippen LogP contribution is 2.27. The first kappa shape index (κ1) is 12.3. The minimum Gasteiger partial charge on any atom is -0.496 e. The monoisotopic (exact) mass is 246 g/mol. The zero-order chi connectivity index (χ0) is 13.0. The smallest absolute Gasteiger partial charge is 0.251 e. The van der Waals surface area contributed by atoms with E-state index in [1.807, 2.05) is 24.3 Å². The van der Waals surface area contributed by atoms with Gasteiger partial charge in [0.25, 0.3) is 5.56 Å². The molecule has 0 spiro atoms. The Morgan fingerprint density at radius 3 is 2.78 bits per heavy atom. The number of benzene rings is 1. The van der Waals surface area contributed by atoms with Crippen molar-refractivity contribution in [3.8, 4) is 17.0 Å². The molecule has 1 aromatic heterocycles. The number of rotatable bonds is 4. The number of aromatic amines is 1. The number of H-pyrrole nitrogens is 1. The molecule has 0 saturated carbocycles. The fourth-order valence-electron chi connectivity index (χ4n) is 1.71. The molecule has 5 nitrogen and oxygen atoms in total. The third-order valence-corrected chi connectivity index (χ3v) is 2.45. The van der Waals surface area contributed by atoms with Crippen LogP contribution in [0.1, 0.15) is 5.82 Å². The van der Waals surface area contributed by atoms with E-state index in [1.165, 1.54) is 6.07 Å². The molecular weight excluding hydrogens is 232 g/mol. The summed E-state index contributed by atoms with van der Waals surface area (Å²) in [6, 6.07) is 8.87. The molecule has 5 heteroatoms. The molecule has 0 aliphatic rings. The molecule has 0 saturated heterocycles. The maximum absolute atomic E-state index is 11.6. The van der Waals surface area contributed by atoms with Gasteiger partial charge in [0.1, 0.15) is 18.2 Å². The molecule has 0 radical (unpaired) electrons. The minimum absolute atomic E-state index is 0.210. The van der Waals surface area contributed by atoms with Gasteiger partial charge in [0, 0.05) is 18.7 Å². The summed E-state index contributed by atoms with van der Waals surface area (Å²) in [4.78, 5) is 18.5. The molecule has 0 fully saturated rings. The molecule has 1 N–H and O–H groups in total. The van der Waals surface area contributed by atoms with Crippen LogP contribution in [0.15, 0.2) is 35.1 Å². The van der Waals surface area contributed by atoms with Gasteiger partial charge in [0.2, 0.25) is 0 Å². The third-order valence-electron chi connectivity index (χ3n) is 2.45. The van der Waals surface area contributed by atoms with E-state index in [-0.39, 0.29) is 12.2 Å². The zero-order valence-corrected chi connectivity index (χ0v) is 10.3. The summed E-state index contributed by atoms with van der Waals surface area (Å²) in [6.07, 6.45) is 0. The van der Waals surface area contributed by atoms with Crippen molar-refractivity contribution >= 4 is 0 Å². The van der Waals surface area contributed by atoms with Crippen molar-refractivity contribution in [1.82, 2.24) is 9.97 Å². The normalized spacial score (nSPS) is 10.3. The van der Waals surface area contributed by atoms with Crippen molar-refractivity contribution in [2.24, 2.45) is 0 Å². The Bertz CT molecular complexity index is 593. The molecule has 18 heavy (non-hydrogen) atoms. The van der Waals surface area contributed by atoms with E-state index in [0.29, 0.717) is 17.3 Å². The van der Waals surface area contributed by atoms with Crippen molar-refractivity contribution < 1.29 is 9.47 Å². The van der Waals surface area contributed by atoms with Gasteiger partial charge in [-0.3, -0.25) is 4.79 Å². The highest BCUT2D eigenvalue weighted by atomic mass is 16.5. The molecule has 0 bridgehead atoms. The number of nitrogens with one attached hydrogen (secondary N) is 1. The van der Waals surface area contributed by atoms with Crippen LogP contribution in [0, 0.1) is 0 Å². The van der Waals surface area contributed by atoms with Gasteiger partial charge in [-0.05, 0) is 12.1 Å². The Morgan fingerprint density at radius 1 is 1.28 bits per heavy atom. The van der Waals surface area contributed by atoms with Crippen LogP contribution in [0.5, 0.6) is 5.75 Å². The number of ether oxygens (including phenoxy) is 2. The second kappa shape index (κ2) is 5.46. The maximum atomic E-state index is 11.6. The number of aromatic nitrogens is 2. The van der Waals surface area contributed by atoms with Gasteiger partial charge in [0.15, 0.2) is 0 Å². The van der Waals surface area contributed by atoms with Gasteiger partial charge in [-0.1, -0.05) is 12.1 Å². The molecule has 1 heterocycles. The molecule has 0 amide bonds. The lowest BCUT2D eigenvalue weighted by atomic mass is 10.1. The number of methoxy groups -OCH3 is 2. The summed E-state index contributed by atoms with van der Waals surface area (Å²) in [5.74, 6) is 1.17. The first-order valence-electron chi connectivity index (χ1n) is 5.47. The highest BCUT2D eigenvalue weighted by molar-refractivity contribution is 5.66. The fourth-order valence-corrected chi connectivity index (χ4v) is 1.71. The number of hydrogen-bond donors (Lipinski definition) is 1. The van der Waals surface area contributed by atoms with Gasteiger partial charge >= 0.3 is 0 Å². The number of hydrogen-bond acceptors (Lipinski definition) is 4. The van der Waals surface area contributed by atoms with E-state index >= 15 is 0 Å². The van der Waals surface area contributed by atoms with Crippen molar-refractivity contribution in [3.05, 3.63) is 46.5 Å². The largest absolute Gasteiger partial charge is 0.496 e. The van der Waals surface area contributed by atoms with Gasteiger partial charge in [-0.2, -0.15) is 0 Å². The Labute approximate surface area is 104 Å². The maximum Gasteiger partial charge on any atom is 0.251 e. The zero-order valence-electron chi connectivity index (χ0n) is 10.3. The molecule has 1 aromatic carbocycles. The van der Waals surface area contributed by atoms with Crippen molar-refractivity contribution in [1.29, 1.82) is 0 Å². The molecule has 0 aliphatic carbocycles. The summed E-state index contributed by atoms with van der Waals surface area (Å²) in [5, 5.41) is 0. The average molecular weight is 246 g/mol.